The highest BCUT2D eigenvalue weighted by Crippen LogP contribution is 2.12. The fourth-order valence-corrected chi connectivity index (χ4v) is 0.964. The first kappa shape index (κ1) is 6.59. The molecule has 0 aliphatic carbocycles. The largest absolute Gasteiger partial charge is 0.484 e. The van der Waals surface area contributed by atoms with E-state index in [-0.39, 0.29) is 0 Å². The van der Waals surface area contributed by atoms with Gasteiger partial charge in [0.2, 0.25) is 0 Å². The molecule has 0 fully saturated rings. The van der Waals surface area contributed by atoms with Gasteiger partial charge >= 0.3 is 0 Å². The van der Waals surface area contributed by atoms with Crippen LogP contribution in [0.5, 0.6) is 0 Å². The molecular formula is C7H13NO. The Balaban J connectivity index is 2.40. The van der Waals surface area contributed by atoms with Crippen molar-refractivity contribution in [2.24, 2.45) is 10.9 Å². The van der Waals surface area contributed by atoms with E-state index in [1.165, 1.54) is 6.42 Å². The highest BCUT2D eigenvalue weighted by atomic mass is 16.5. The van der Waals surface area contributed by atoms with Gasteiger partial charge in [0.05, 0.1) is 7.11 Å². The zero-order valence-corrected chi connectivity index (χ0v) is 6.05. The van der Waals surface area contributed by atoms with Crippen molar-refractivity contribution in [2.45, 2.75) is 19.8 Å². The van der Waals surface area contributed by atoms with E-state index < -0.39 is 0 Å². The van der Waals surface area contributed by atoms with Gasteiger partial charge in [0.1, 0.15) is 0 Å². The van der Waals surface area contributed by atoms with Crippen LogP contribution in [0.3, 0.4) is 0 Å². The van der Waals surface area contributed by atoms with Gasteiger partial charge < -0.3 is 4.74 Å². The molecule has 0 N–H and O–H groups in total. The van der Waals surface area contributed by atoms with E-state index in [2.05, 4.69) is 11.9 Å². The normalized spacial score (nSPS) is 27.3. The van der Waals surface area contributed by atoms with Crippen molar-refractivity contribution in [3.8, 4) is 0 Å². The number of ether oxygens (including phenoxy) is 1. The van der Waals surface area contributed by atoms with Crippen LogP contribution in [0, 0.1) is 5.92 Å². The van der Waals surface area contributed by atoms with Crippen LogP contribution in [-0.4, -0.2) is 19.6 Å². The van der Waals surface area contributed by atoms with Gasteiger partial charge in [-0.2, -0.15) is 0 Å². The van der Waals surface area contributed by atoms with E-state index in [9.17, 15) is 0 Å². The minimum Gasteiger partial charge on any atom is -0.484 e. The fraction of sp³-hybridized carbons (Fsp3) is 0.857. The summed E-state index contributed by atoms with van der Waals surface area (Å²) in [5.41, 5.74) is 0. The number of aliphatic imine (C=N–C) groups is 1. The molecule has 1 aliphatic rings. The van der Waals surface area contributed by atoms with E-state index in [1.54, 1.807) is 7.11 Å². The van der Waals surface area contributed by atoms with Gasteiger partial charge in [-0.05, 0) is 12.3 Å². The van der Waals surface area contributed by atoms with Crippen LogP contribution in [0.25, 0.3) is 0 Å². The molecule has 0 aromatic heterocycles. The maximum absolute atomic E-state index is 4.99. The number of hydrogen-bond donors (Lipinski definition) is 0. The van der Waals surface area contributed by atoms with Crippen molar-refractivity contribution in [1.82, 2.24) is 0 Å². The summed E-state index contributed by atoms with van der Waals surface area (Å²) in [5, 5.41) is 0. The third-order valence-electron chi connectivity index (χ3n) is 1.67. The highest BCUT2D eigenvalue weighted by Gasteiger charge is 2.10. The van der Waals surface area contributed by atoms with Gasteiger partial charge in [0.15, 0.2) is 5.90 Å². The molecule has 0 saturated heterocycles. The molecule has 0 radical (unpaired) electrons. The molecule has 1 atom stereocenters. The maximum atomic E-state index is 4.99. The third kappa shape index (κ3) is 1.70. The van der Waals surface area contributed by atoms with Crippen molar-refractivity contribution in [1.29, 1.82) is 0 Å². The predicted octanol–water partition coefficient (Wildman–Crippen LogP) is 1.46. The second-order valence-corrected chi connectivity index (χ2v) is 2.58. The molecule has 0 bridgehead atoms. The zero-order valence-electron chi connectivity index (χ0n) is 6.05. The zero-order chi connectivity index (χ0) is 6.69. The van der Waals surface area contributed by atoms with Crippen LogP contribution in [0.1, 0.15) is 19.8 Å². The minimum atomic E-state index is 0.754. The molecular weight excluding hydrogens is 114 g/mol. The minimum absolute atomic E-state index is 0.754. The molecule has 1 heterocycles. The van der Waals surface area contributed by atoms with E-state index in [0.717, 1.165) is 24.8 Å². The second kappa shape index (κ2) is 2.85. The summed E-state index contributed by atoms with van der Waals surface area (Å²) in [6, 6.07) is 0. The Hall–Kier alpha value is -0.530. The molecule has 0 amide bonds. The molecule has 1 aliphatic heterocycles. The van der Waals surface area contributed by atoms with Crippen molar-refractivity contribution in [2.75, 3.05) is 13.7 Å². The molecule has 52 valence electrons. The molecule has 0 aromatic carbocycles. The van der Waals surface area contributed by atoms with Gasteiger partial charge in [-0.3, -0.25) is 4.99 Å². The predicted molar refractivity (Wildman–Crippen MR) is 37.7 cm³/mol. The van der Waals surface area contributed by atoms with Gasteiger partial charge in [-0.25, -0.2) is 0 Å². The van der Waals surface area contributed by atoms with Crippen LogP contribution >= 0.6 is 0 Å². The Bertz CT molecular complexity index is 120. The summed E-state index contributed by atoms with van der Waals surface area (Å²) in [7, 11) is 1.69. The Morgan fingerprint density at radius 3 is 2.89 bits per heavy atom. The first-order valence-corrected chi connectivity index (χ1v) is 3.40. The molecule has 1 rings (SSSR count). The van der Waals surface area contributed by atoms with Crippen molar-refractivity contribution in [3.05, 3.63) is 0 Å². The van der Waals surface area contributed by atoms with Crippen LogP contribution < -0.4 is 0 Å². The van der Waals surface area contributed by atoms with E-state index in [4.69, 9.17) is 4.74 Å². The molecule has 0 saturated carbocycles. The molecule has 0 spiro atoms. The molecule has 2 heteroatoms. The Kier molecular flexibility index (Phi) is 2.09. The SMILES string of the molecule is COC1=NCC(C)CC1. The van der Waals surface area contributed by atoms with E-state index in [1.807, 2.05) is 0 Å². The van der Waals surface area contributed by atoms with E-state index >= 15 is 0 Å². The van der Waals surface area contributed by atoms with Crippen molar-refractivity contribution in [3.63, 3.8) is 0 Å². The lowest BCUT2D eigenvalue weighted by atomic mass is 10.0. The van der Waals surface area contributed by atoms with Crippen LogP contribution in [0.4, 0.5) is 0 Å². The number of hydrogen-bond acceptors (Lipinski definition) is 2. The number of rotatable bonds is 0. The smallest absolute Gasteiger partial charge is 0.182 e. The van der Waals surface area contributed by atoms with Crippen LogP contribution in [0.15, 0.2) is 4.99 Å². The third-order valence-corrected chi connectivity index (χ3v) is 1.67. The number of methoxy groups -OCH3 is 1. The van der Waals surface area contributed by atoms with Gasteiger partial charge in [0, 0.05) is 13.0 Å². The lowest BCUT2D eigenvalue weighted by Gasteiger charge is -2.15. The quantitative estimate of drug-likeness (QED) is 0.482. The Morgan fingerprint density at radius 1 is 1.67 bits per heavy atom. The van der Waals surface area contributed by atoms with Gasteiger partial charge in [-0.15, -0.1) is 0 Å². The average Bonchev–Trinajstić information content (AvgIpc) is 1.90. The topological polar surface area (TPSA) is 21.6 Å². The number of nitrogens with zero attached hydrogens (tertiary/aromatic N) is 1. The first-order valence-electron chi connectivity index (χ1n) is 3.40. The Labute approximate surface area is 55.9 Å². The molecule has 0 aromatic rings. The lowest BCUT2D eigenvalue weighted by Crippen LogP contribution is -2.14. The second-order valence-electron chi connectivity index (χ2n) is 2.58. The molecule has 1 unspecified atom stereocenters. The molecule has 9 heavy (non-hydrogen) atoms. The fourth-order valence-electron chi connectivity index (χ4n) is 0.964. The van der Waals surface area contributed by atoms with Crippen molar-refractivity contribution >= 4 is 5.90 Å². The van der Waals surface area contributed by atoms with Crippen molar-refractivity contribution < 1.29 is 4.74 Å². The summed E-state index contributed by atoms with van der Waals surface area (Å²) < 4.78 is 4.99. The van der Waals surface area contributed by atoms with Gasteiger partial charge in [-0.1, -0.05) is 6.92 Å². The monoisotopic (exact) mass is 127 g/mol. The lowest BCUT2D eigenvalue weighted by molar-refractivity contribution is 0.364. The van der Waals surface area contributed by atoms with Gasteiger partial charge in [0.25, 0.3) is 0 Å². The summed E-state index contributed by atoms with van der Waals surface area (Å²) in [6.07, 6.45) is 2.25. The Morgan fingerprint density at radius 2 is 2.44 bits per heavy atom. The van der Waals surface area contributed by atoms with E-state index in [0.29, 0.717) is 0 Å². The standard InChI is InChI=1S/C7H13NO/c1-6-3-4-7(9-2)8-5-6/h6H,3-5H2,1-2H3. The molecule has 2 nitrogen and oxygen atoms in total. The average molecular weight is 127 g/mol. The summed E-state index contributed by atoms with van der Waals surface area (Å²) in [4.78, 5) is 4.22. The summed E-state index contributed by atoms with van der Waals surface area (Å²) >= 11 is 0. The summed E-state index contributed by atoms with van der Waals surface area (Å²) in [6.45, 7) is 3.17. The van der Waals surface area contributed by atoms with Crippen LogP contribution in [0.2, 0.25) is 0 Å². The summed E-state index contributed by atoms with van der Waals surface area (Å²) in [5.74, 6) is 1.68. The highest BCUT2D eigenvalue weighted by molar-refractivity contribution is 5.76. The van der Waals surface area contributed by atoms with Crippen LogP contribution in [-0.2, 0) is 4.74 Å². The first-order chi connectivity index (χ1) is 4.33. The maximum Gasteiger partial charge on any atom is 0.182 e.